The van der Waals surface area contributed by atoms with Crippen LogP contribution >= 0.6 is 15.9 Å². The SMILES string of the molecule is COc1cc(Br)cc2cc(C(=O)N3CCN(C(c4ccccc4)c4ccccc4)CC3)c(=O)oc12. The van der Waals surface area contributed by atoms with Gasteiger partial charge in [0.2, 0.25) is 0 Å². The Morgan fingerprint density at radius 2 is 1.51 bits per heavy atom. The Kier molecular flexibility index (Phi) is 6.70. The lowest BCUT2D eigenvalue weighted by atomic mass is 9.96. The van der Waals surface area contributed by atoms with Gasteiger partial charge >= 0.3 is 5.63 Å². The quantitative estimate of drug-likeness (QED) is 0.334. The van der Waals surface area contributed by atoms with E-state index in [1.165, 1.54) is 18.2 Å². The summed E-state index contributed by atoms with van der Waals surface area (Å²) >= 11 is 3.44. The van der Waals surface area contributed by atoms with Gasteiger partial charge in [-0.2, -0.15) is 0 Å². The number of rotatable bonds is 5. The first kappa shape index (κ1) is 23.3. The van der Waals surface area contributed by atoms with E-state index in [0.717, 1.165) is 4.47 Å². The van der Waals surface area contributed by atoms with Crippen LogP contribution in [0.5, 0.6) is 5.75 Å². The first-order chi connectivity index (χ1) is 17.0. The zero-order valence-electron chi connectivity index (χ0n) is 19.3. The molecule has 1 aliphatic heterocycles. The summed E-state index contributed by atoms with van der Waals surface area (Å²) in [6.45, 7) is 2.43. The van der Waals surface area contributed by atoms with Gasteiger partial charge in [-0.25, -0.2) is 4.79 Å². The Morgan fingerprint density at radius 3 is 2.09 bits per heavy atom. The van der Waals surface area contributed by atoms with Gasteiger partial charge in [0.25, 0.3) is 5.91 Å². The van der Waals surface area contributed by atoms with Crippen molar-refractivity contribution in [2.45, 2.75) is 6.04 Å². The van der Waals surface area contributed by atoms with Crippen LogP contribution in [-0.2, 0) is 0 Å². The average Bonchev–Trinajstić information content (AvgIpc) is 2.89. The highest BCUT2D eigenvalue weighted by molar-refractivity contribution is 9.10. The van der Waals surface area contributed by atoms with Crippen LogP contribution in [0.4, 0.5) is 0 Å². The van der Waals surface area contributed by atoms with E-state index in [9.17, 15) is 9.59 Å². The van der Waals surface area contributed by atoms with E-state index in [1.807, 2.05) is 12.1 Å². The molecule has 1 aliphatic rings. The number of halogens is 1. The number of fused-ring (bicyclic) bond motifs is 1. The second kappa shape index (κ2) is 10.1. The van der Waals surface area contributed by atoms with Crippen molar-refractivity contribution in [3.8, 4) is 5.75 Å². The molecule has 0 atom stereocenters. The van der Waals surface area contributed by atoms with Crippen LogP contribution in [0.1, 0.15) is 27.5 Å². The number of benzene rings is 3. The maximum atomic E-state index is 13.3. The normalized spacial score (nSPS) is 14.4. The summed E-state index contributed by atoms with van der Waals surface area (Å²) in [5.74, 6) is 0.127. The van der Waals surface area contributed by atoms with Crippen LogP contribution in [-0.4, -0.2) is 49.0 Å². The first-order valence-corrected chi connectivity index (χ1v) is 12.3. The Bertz CT molecular complexity index is 1360. The number of amides is 1. The fraction of sp³-hybridized carbons (Fsp3) is 0.214. The summed E-state index contributed by atoms with van der Waals surface area (Å²) in [6.07, 6.45) is 0. The zero-order chi connectivity index (χ0) is 24.4. The molecule has 2 heterocycles. The molecule has 35 heavy (non-hydrogen) atoms. The molecule has 0 aliphatic carbocycles. The van der Waals surface area contributed by atoms with Gasteiger partial charge in [-0.05, 0) is 29.3 Å². The average molecular weight is 533 g/mol. The van der Waals surface area contributed by atoms with Crippen molar-refractivity contribution < 1.29 is 13.9 Å². The van der Waals surface area contributed by atoms with Crippen LogP contribution in [0.25, 0.3) is 11.0 Å². The van der Waals surface area contributed by atoms with Crippen LogP contribution < -0.4 is 10.4 Å². The van der Waals surface area contributed by atoms with Crippen LogP contribution in [0.3, 0.4) is 0 Å². The van der Waals surface area contributed by atoms with Gasteiger partial charge in [0, 0.05) is 36.0 Å². The van der Waals surface area contributed by atoms with Crippen LogP contribution in [0.15, 0.2) is 92.5 Å². The van der Waals surface area contributed by atoms with Gasteiger partial charge in [-0.15, -0.1) is 0 Å². The predicted molar refractivity (Wildman–Crippen MR) is 139 cm³/mol. The number of carbonyl (C=O) groups is 1. The van der Waals surface area contributed by atoms with Gasteiger partial charge in [-0.3, -0.25) is 9.69 Å². The highest BCUT2D eigenvalue weighted by atomic mass is 79.9. The van der Waals surface area contributed by atoms with Crippen LogP contribution in [0.2, 0.25) is 0 Å². The molecule has 0 N–H and O–H groups in total. The largest absolute Gasteiger partial charge is 0.493 e. The maximum Gasteiger partial charge on any atom is 0.349 e. The van der Waals surface area contributed by atoms with E-state index in [4.69, 9.17) is 9.15 Å². The third-order valence-electron chi connectivity index (χ3n) is 6.41. The number of piperazine rings is 1. The van der Waals surface area contributed by atoms with Gasteiger partial charge in [0.05, 0.1) is 13.2 Å². The van der Waals surface area contributed by atoms with Crippen LogP contribution in [0, 0.1) is 0 Å². The zero-order valence-corrected chi connectivity index (χ0v) is 20.9. The minimum Gasteiger partial charge on any atom is -0.493 e. The van der Waals surface area contributed by atoms with Crippen molar-refractivity contribution in [1.82, 2.24) is 9.80 Å². The summed E-state index contributed by atoms with van der Waals surface area (Å²) < 4.78 is 11.6. The standard InChI is InChI=1S/C28H25BrN2O4/c1-34-24-18-22(29)16-21-17-23(28(33)35-26(21)24)27(32)31-14-12-30(13-15-31)25(19-8-4-2-5-9-19)20-10-6-3-7-11-20/h2-11,16-18,25H,12-15H2,1H3. The van der Waals surface area contributed by atoms with E-state index < -0.39 is 5.63 Å². The number of hydrogen-bond donors (Lipinski definition) is 0. The van der Waals surface area contributed by atoms with E-state index in [-0.39, 0.29) is 17.5 Å². The molecule has 0 spiro atoms. The topological polar surface area (TPSA) is 63.0 Å². The molecule has 1 aromatic heterocycles. The van der Waals surface area contributed by atoms with Crippen molar-refractivity contribution in [2.75, 3.05) is 33.3 Å². The van der Waals surface area contributed by atoms with E-state index >= 15 is 0 Å². The molecule has 1 saturated heterocycles. The monoisotopic (exact) mass is 532 g/mol. The summed E-state index contributed by atoms with van der Waals surface area (Å²) in [5, 5.41) is 0.631. The molecule has 0 saturated carbocycles. The van der Waals surface area contributed by atoms with Gasteiger partial charge in [-0.1, -0.05) is 76.6 Å². The van der Waals surface area contributed by atoms with Gasteiger partial charge < -0.3 is 14.1 Å². The number of ether oxygens (including phenoxy) is 1. The Balaban J connectivity index is 1.38. The molecule has 0 radical (unpaired) electrons. The molecule has 3 aromatic carbocycles. The Labute approximate surface area is 211 Å². The lowest BCUT2D eigenvalue weighted by molar-refractivity contribution is 0.0593. The number of methoxy groups -OCH3 is 1. The Morgan fingerprint density at radius 1 is 0.914 bits per heavy atom. The third-order valence-corrected chi connectivity index (χ3v) is 6.87. The van der Waals surface area contributed by atoms with Crippen molar-refractivity contribution in [1.29, 1.82) is 0 Å². The van der Waals surface area contributed by atoms with Crippen molar-refractivity contribution in [3.63, 3.8) is 0 Å². The van der Waals surface area contributed by atoms with E-state index in [2.05, 4.69) is 69.4 Å². The summed E-state index contributed by atoms with van der Waals surface area (Å²) in [7, 11) is 1.51. The summed E-state index contributed by atoms with van der Waals surface area (Å²) in [4.78, 5) is 30.2. The molecule has 1 fully saturated rings. The molecular weight excluding hydrogens is 508 g/mol. The van der Waals surface area contributed by atoms with Crippen molar-refractivity contribution in [3.05, 3.63) is 110 Å². The molecular formula is C28H25BrN2O4. The fourth-order valence-corrected chi connectivity index (χ4v) is 5.16. The molecule has 0 bridgehead atoms. The van der Waals surface area contributed by atoms with E-state index in [1.54, 1.807) is 23.1 Å². The van der Waals surface area contributed by atoms with Crippen molar-refractivity contribution >= 4 is 32.8 Å². The molecule has 7 heteroatoms. The fourth-order valence-electron chi connectivity index (χ4n) is 4.71. The molecule has 5 rings (SSSR count). The lowest BCUT2D eigenvalue weighted by Gasteiger charge is -2.39. The number of nitrogens with zero attached hydrogens (tertiary/aromatic N) is 2. The maximum absolute atomic E-state index is 13.3. The molecule has 6 nitrogen and oxygen atoms in total. The van der Waals surface area contributed by atoms with Crippen molar-refractivity contribution in [2.24, 2.45) is 0 Å². The highest BCUT2D eigenvalue weighted by Crippen LogP contribution is 2.31. The Hall–Kier alpha value is -3.42. The predicted octanol–water partition coefficient (Wildman–Crippen LogP) is 5.11. The smallest absolute Gasteiger partial charge is 0.349 e. The number of carbonyl (C=O) groups excluding carboxylic acids is 1. The highest BCUT2D eigenvalue weighted by Gasteiger charge is 2.30. The second-order valence-electron chi connectivity index (χ2n) is 8.53. The third kappa shape index (κ3) is 4.74. The minimum absolute atomic E-state index is 0.0359. The minimum atomic E-state index is -0.656. The molecule has 178 valence electrons. The first-order valence-electron chi connectivity index (χ1n) is 11.5. The molecule has 1 amide bonds. The second-order valence-corrected chi connectivity index (χ2v) is 9.44. The van der Waals surface area contributed by atoms with E-state index in [0.29, 0.717) is 42.9 Å². The van der Waals surface area contributed by atoms with Gasteiger partial charge in [0.15, 0.2) is 11.3 Å². The molecule has 4 aromatic rings. The number of hydrogen-bond acceptors (Lipinski definition) is 5. The molecule has 0 unspecified atom stereocenters. The van der Waals surface area contributed by atoms with Gasteiger partial charge in [0.1, 0.15) is 5.56 Å². The lowest BCUT2D eigenvalue weighted by Crippen LogP contribution is -2.50. The summed E-state index contributed by atoms with van der Waals surface area (Å²) in [6, 6.07) is 26.0. The summed E-state index contributed by atoms with van der Waals surface area (Å²) in [5.41, 5.74) is 2.14.